The maximum absolute atomic E-state index is 11.9. The second-order valence-electron chi connectivity index (χ2n) is 3.98. The van der Waals surface area contributed by atoms with Crippen molar-refractivity contribution < 1.29 is 9.53 Å². The Labute approximate surface area is 110 Å². The Bertz CT molecular complexity index is 647. The van der Waals surface area contributed by atoms with E-state index in [0.29, 0.717) is 11.3 Å². The largest absolute Gasteiger partial charge is 0.462 e. The topological polar surface area (TPSA) is 61.2 Å². The van der Waals surface area contributed by atoms with E-state index in [1.54, 1.807) is 26.1 Å². The van der Waals surface area contributed by atoms with Crippen molar-refractivity contribution in [3.63, 3.8) is 0 Å². The van der Waals surface area contributed by atoms with E-state index in [4.69, 9.17) is 4.74 Å². The highest BCUT2D eigenvalue weighted by molar-refractivity contribution is 5.95. The van der Waals surface area contributed by atoms with Crippen molar-refractivity contribution in [3.8, 4) is 11.3 Å². The molecule has 0 aliphatic carbocycles. The predicted octanol–water partition coefficient (Wildman–Crippen LogP) is 1.62. The molecule has 0 atom stereocenters. The quantitative estimate of drug-likeness (QED) is 0.785. The molecule has 0 aliphatic heterocycles. The van der Waals surface area contributed by atoms with Crippen LogP contribution in [0, 0.1) is 0 Å². The number of hydrogen-bond acceptors (Lipinski definition) is 4. The monoisotopic (exact) mass is 258 g/mol. The number of rotatable bonds is 3. The van der Waals surface area contributed by atoms with E-state index in [0.717, 1.165) is 0 Å². The lowest BCUT2D eigenvalue weighted by Crippen LogP contribution is -2.23. The minimum absolute atomic E-state index is 0.274. The van der Waals surface area contributed by atoms with Crippen LogP contribution in [0.4, 0.5) is 0 Å². The van der Waals surface area contributed by atoms with Crippen molar-refractivity contribution in [1.82, 2.24) is 9.55 Å². The number of ether oxygens (including phenoxy) is 1. The standard InChI is InChI=1S/C14H14N2O3/c1-3-19-13(17)11-9-16(2)14(18)15-12(11)10-7-5-4-6-8-10/h4-9H,3H2,1-2H3. The van der Waals surface area contributed by atoms with Crippen LogP contribution in [0.15, 0.2) is 41.3 Å². The van der Waals surface area contributed by atoms with E-state index in [9.17, 15) is 9.59 Å². The fraction of sp³-hybridized carbons (Fsp3) is 0.214. The summed E-state index contributed by atoms with van der Waals surface area (Å²) < 4.78 is 6.25. The van der Waals surface area contributed by atoms with Crippen LogP contribution in [0.1, 0.15) is 17.3 Å². The van der Waals surface area contributed by atoms with Gasteiger partial charge in [0.15, 0.2) is 0 Å². The second kappa shape index (κ2) is 5.48. The van der Waals surface area contributed by atoms with Gasteiger partial charge in [0, 0.05) is 18.8 Å². The van der Waals surface area contributed by atoms with Gasteiger partial charge in [-0.2, -0.15) is 4.98 Å². The van der Waals surface area contributed by atoms with Crippen LogP contribution >= 0.6 is 0 Å². The number of carbonyl (C=O) groups excluding carboxylic acids is 1. The van der Waals surface area contributed by atoms with Gasteiger partial charge in [-0.3, -0.25) is 0 Å². The zero-order valence-electron chi connectivity index (χ0n) is 10.8. The summed E-state index contributed by atoms with van der Waals surface area (Å²) in [4.78, 5) is 27.5. The molecule has 98 valence electrons. The average Bonchev–Trinajstić information content (AvgIpc) is 2.42. The van der Waals surface area contributed by atoms with Gasteiger partial charge in [-0.05, 0) is 6.92 Å². The zero-order chi connectivity index (χ0) is 13.8. The van der Waals surface area contributed by atoms with Gasteiger partial charge in [0.1, 0.15) is 5.56 Å². The molecule has 0 fully saturated rings. The first-order valence-electron chi connectivity index (χ1n) is 5.93. The van der Waals surface area contributed by atoms with Gasteiger partial charge in [0.25, 0.3) is 0 Å². The third-order valence-electron chi connectivity index (χ3n) is 2.63. The fourth-order valence-corrected chi connectivity index (χ4v) is 1.72. The normalized spacial score (nSPS) is 10.2. The molecule has 0 amide bonds. The van der Waals surface area contributed by atoms with Crippen LogP contribution in [0.3, 0.4) is 0 Å². The van der Waals surface area contributed by atoms with Crippen LogP contribution in [-0.2, 0) is 11.8 Å². The zero-order valence-corrected chi connectivity index (χ0v) is 10.8. The van der Waals surface area contributed by atoms with Crippen molar-refractivity contribution in [3.05, 3.63) is 52.6 Å². The van der Waals surface area contributed by atoms with Crippen molar-refractivity contribution >= 4 is 5.97 Å². The van der Waals surface area contributed by atoms with E-state index < -0.39 is 11.7 Å². The molecule has 0 unspecified atom stereocenters. The molecular formula is C14H14N2O3. The Morgan fingerprint density at radius 2 is 2.00 bits per heavy atom. The second-order valence-corrected chi connectivity index (χ2v) is 3.98. The molecule has 5 nitrogen and oxygen atoms in total. The summed E-state index contributed by atoms with van der Waals surface area (Å²) in [5.74, 6) is -0.482. The maximum atomic E-state index is 11.9. The predicted molar refractivity (Wildman–Crippen MR) is 70.9 cm³/mol. The number of esters is 1. The van der Waals surface area contributed by atoms with Crippen molar-refractivity contribution in [1.29, 1.82) is 0 Å². The number of aryl methyl sites for hydroxylation is 1. The van der Waals surface area contributed by atoms with Crippen LogP contribution < -0.4 is 5.69 Å². The molecule has 5 heteroatoms. The lowest BCUT2D eigenvalue weighted by Gasteiger charge is -2.09. The highest BCUT2D eigenvalue weighted by Crippen LogP contribution is 2.20. The minimum Gasteiger partial charge on any atom is -0.462 e. The van der Waals surface area contributed by atoms with Gasteiger partial charge < -0.3 is 9.30 Å². The molecule has 0 aliphatic rings. The maximum Gasteiger partial charge on any atom is 0.347 e. The van der Waals surface area contributed by atoms with Crippen LogP contribution in [0.25, 0.3) is 11.3 Å². The van der Waals surface area contributed by atoms with Crippen molar-refractivity contribution in [2.24, 2.45) is 7.05 Å². The van der Waals surface area contributed by atoms with E-state index in [1.807, 2.05) is 18.2 Å². The molecule has 0 radical (unpaired) electrons. The van der Waals surface area contributed by atoms with E-state index in [1.165, 1.54) is 10.8 Å². The summed E-state index contributed by atoms with van der Waals surface area (Å²) in [5.41, 5.74) is 0.937. The molecule has 2 rings (SSSR count). The summed E-state index contributed by atoms with van der Waals surface area (Å²) >= 11 is 0. The van der Waals surface area contributed by atoms with E-state index in [-0.39, 0.29) is 12.2 Å². The van der Waals surface area contributed by atoms with E-state index in [2.05, 4.69) is 4.98 Å². The number of aromatic nitrogens is 2. The third kappa shape index (κ3) is 2.70. The first-order valence-corrected chi connectivity index (χ1v) is 5.93. The molecule has 0 bridgehead atoms. The van der Waals surface area contributed by atoms with Gasteiger partial charge in [-0.15, -0.1) is 0 Å². The third-order valence-corrected chi connectivity index (χ3v) is 2.63. The van der Waals surface area contributed by atoms with Crippen LogP contribution in [-0.4, -0.2) is 22.1 Å². The number of nitrogens with zero attached hydrogens (tertiary/aromatic N) is 2. The first kappa shape index (κ1) is 13.0. The number of benzene rings is 1. The number of carbonyl (C=O) groups is 1. The minimum atomic E-state index is -0.482. The molecule has 19 heavy (non-hydrogen) atoms. The molecule has 1 heterocycles. The van der Waals surface area contributed by atoms with Crippen LogP contribution in [0.5, 0.6) is 0 Å². The molecule has 0 N–H and O–H groups in total. The summed E-state index contributed by atoms with van der Waals surface area (Å²) in [6.07, 6.45) is 1.45. The lowest BCUT2D eigenvalue weighted by atomic mass is 10.1. The molecule has 2 aromatic rings. The lowest BCUT2D eigenvalue weighted by molar-refractivity contribution is 0.0525. The molecule has 1 aromatic heterocycles. The Morgan fingerprint density at radius 3 is 2.63 bits per heavy atom. The first-order chi connectivity index (χ1) is 9.13. The average molecular weight is 258 g/mol. The Kier molecular flexibility index (Phi) is 3.75. The van der Waals surface area contributed by atoms with Crippen LogP contribution in [0.2, 0.25) is 0 Å². The van der Waals surface area contributed by atoms with Crippen molar-refractivity contribution in [2.45, 2.75) is 6.92 Å². The molecule has 0 spiro atoms. The molecular weight excluding hydrogens is 244 g/mol. The smallest absolute Gasteiger partial charge is 0.347 e. The summed E-state index contributed by atoms with van der Waals surface area (Å²) in [5, 5.41) is 0. The molecule has 1 aromatic carbocycles. The molecule has 0 saturated carbocycles. The van der Waals surface area contributed by atoms with Crippen molar-refractivity contribution in [2.75, 3.05) is 6.61 Å². The summed E-state index contributed by atoms with van der Waals surface area (Å²) in [7, 11) is 1.55. The molecule has 0 saturated heterocycles. The van der Waals surface area contributed by atoms with E-state index >= 15 is 0 Å². The SMILES string of the molecule is CCOC(=O)c1cn(C)c(=O)nc1-c1ccccc1. The summed E-state index contributed by atoms with van der Waals surface area (Å²) in [6.45, 7) is 2.01. The van der Waals surface area contributed by atoms with Gasteiger partial charge in [0.2, 0.25) is 0 Å². The summed E-state index contributed by atoms with van der Waals surface area (Å²) in [6, 6.07) is 9.09. The van der Waals surface area contributed by atoms with Gasteiger partial charge >= 0.3 is 11.7 Å². The Balaban J connectivity index is 2.62. The van der Waals surface area contributed by atoms with Gasteiger partial charge in [0.05, 0.1) is 12.3 Å². The fourth-order valence-electron chi connectivity index (χ4n) is 1.72. The Morgan fingerprint density at radius 1 is 1.32 bits per heavy atom. The highest BCUT2D eigenvalue weighted by Gasteiger charge is 2.17. The van der Waals surface area contributed by atoms with Gasteiger partial charge in [-0.1, -0.05) is 30.3 Å². The number of hydrogen-bond donors (Lipinski definition) is 0. The van der Waals surface area contributed by atoms with Gasteiger partial charge in [-0.25, -0.2) is 9.59 Å². The Hall–Kier alpha value is -2.43. The highest BCUT2D eigenvalue weighted by atomic mass is 16.5.